The second-order valence-corrected chi connectivity index (χ2v) is 4.78. The summed E-state index contributed by atoms with van der Waals surface area (Å²) in [7, 11) is 0. The molecule has 0 aliphatic heterocycles. The van der Waals surface area contributed by atoms with Crippen molar-refractivity contribution in [3.05, 3.63) is 69.3 Å². The number of nitriles is 1. The molecule has 6 nitrogen and oxygen atoms in total. The van der Waals surface area contributed by atoms with Crippen LogP contribution in [-0.2, 0) is 4.79 Å². The molecule has 2 rings (SSSR count). The topological polar surface area (TPSA) is 96.0 Å². The smallest absolute Gasteiger partial charge is 0.270 e. The van der Waals surface area contributed by atoms with E-state index in [9.17, 15) is 14.9 Å². The van der Waals surface area contributed by atoms with Crippen LogP contribution >= 0.6 is 0 Å². The Morgan fingerprint density at radius 3 is 2.48 bits per heavy atom. The number of nitrogens with zero attached hydrogens (tertiary/aromatic N) is 2. The predicted octanol–water partition coefficient (Wildman–Crippen LogP) is 3.60. The highest BCUT2D eigenvalue weighted by Crippen LogP contribution is 2.20. The Morgan fingerprint density at radius 1 is 1.22 bits per heavy atom. The predicted molar refractivity (Wildman–Crippen MR) is 87.5 cm³/mol. The Kier molecular flexibility index (Phi) is 4.85. The molecule has 0 unspecified atom stereocenters. The number of amides is 1. The summed E-state index contributed by atoms with van der Waals surface area (Å²) in [5.74, 6) is -0.141. The minimum Gasteiger partial charge on any atom is -0.326 e. The van der Waals surface area contributed by atoms with Gasteiger partial charge in [0, 0.05) is 24.7 Å². The Morgan fingerprint density at radius 2 is 1.91 bits per heavy atom. The Hall–Kier alpha value is -3.46. The van der Waals surface area contributed by atoms with Gasteiger partial charge in [0.15, 0.2) is 0 Å². The Labute approximate surface area is 132 Å². The lowest BCUT2D eigenvalue weighted by Crippen LogP contribution is -2.05. The molecule has 2 aromatic carbocycles. The quantitative estimate of drug-likeness (QED) is 0.530. The number of carbonyl (C=O) groups is 1. The Balaban J connectivity index is 2.21. The zero-order chi connectivity index (χ0) is 16.8. The summed E-state index contributed by atoms with van der Waals surface area (Å²) in [6, 6.07) is 13.3. The summed E-state index contributed by atoms with van der Waals surface area (Å²) in [6.45, 7) is 1.44. The van der Waals surface area contributed by atoms with Crippen LogP contribution in [0.25, 0.3) is 12.2 Å². The number of carbonyl (C=O) groups excluding carboxylic acids is 1. The minimum absolute atomic E-state index is 0.113. The van der Waals surface area contributed by atoms with E-state index in [1.807, 2.05) is 18.2 Å². The van der Waals surface area contributed by atoms with Gasteiger partial charge in [0.25, 0.3) is 5.69 Å². The van der Waals surface area contributed by atoms with E-state index in [1.165, 1.54) is 19.1 Å². The largest absolute Gasteiger partial charge is 0.326 e. The summed E-state index contributed by atoms with van der Waals surface area (Å²) in [5.41, 5.74) is 2.30. The second kappa shape index (κ2) is 7.00. The lowest BCUT2D eigenvalue weighted by atomic mass is 10.1. The third kappa shape index (κ3) is 4.25. The van der Waals surface area contributed by atoms with E-state index in [4.69, 9.17) is 5.26 Å². The van der Waals surface area contributed by atoms with Gasteiger partial charge in [-0.2, -0.15) is 5.26 Å². The van der Waals surface area contributed by atoms with Crippen LogP contribution in [-0.4, -0.2) is 10.8 Å². The van der Waals surface area contributed by atoms with Gasteiger partial charge in [0.05, 0.1) is 10.5 Å². The van der Waals surface area contributed by atoms with Gasteiger partial charge in [-0.05, 0) is 29.3 Å². The van der Waals surface area contributed by atoms with Gasteiger partial charge in [-0.25, -0.2) is 0 Å². The van der Waals surface area contributed by atoms with Crippen LogP contribution in [0.5, 0.6) is 0 Å². The van der Waals surface area contributed by atoms with Gasteiger partial charge >= 0.3 is 0 Å². The summed E-state index contributed by atoms with van der Waals surface area (Å²) in [5, 5.41) is 22.5. The average Bonchev–Trinajstić information content (AvgIpc) is 2.53. The van der Waals surface area contributed by atoms with Gasteiger partial charge in [0.2, 0.25) is 5.91 Å². The van der Waals surface area contributed by atoms with Crippen LogP contribution in [0.15, 0.2) is 42.5 Å². The fourth-order valence-electron chi connectivity index (χ4n) is 1.97. The van der Waals surface area contributed by atoms with Crippen LogP contribution in [0.2, 0.25) is 0 Å². The lowest BCUT2D eigenvalue weighted by molar-refractivity contribution is -0.384. The zero-order valence-corrected chi connectivity index (χ0v) is 12.3. The second-order valence-electron chi connectivity index (χ2n) is 4.78. The van der Waals surface area contributed by atoms with E-state index in [0.29, 0.717) is 11.3 Å². The molecule has 0 radical (unpaired) electrons. The minimum atomic E-state index is -0.533. The number of benzene rings is 2. The molecule has 1 amide bonds. The number of rotatable bonds is 4. The first kappa shape index (κ1) is 15.9. The normalized spacial score (nSPS) is 10.3. The fraction of sp³-hybridized carbons (Fsp3) is 0.0588. The van der Waals surface area contributed by atoms with E-state index in [-0.39, 0.29) is 17.2 Å². The molecule has 2 aromatic rings. The number of anilines is 1. The fourth-order valence-corrected chi connectivity index (χ4v) is 1.97. The molecule has 6 heteroatoms. The number of nitrogens with one attached hydrogen (secondary N) is 1. The van der Waals surface area contributed by atoms with E-state index >= 15 is 0 Å². The van der Waals surface area contributed by atoms with Gasteiger partial charge in [-0.15, -0.1) is 0 Å². The molecule has 0 bridgehead atoms. The molecule has 0 aromatic heterocycles. The molecule has 0 aliphatic rings. The SMILES string of the molecule is CC(=O)Nc1ccc(C=Cc2ccc([N+](=O)[O-])cc2C#N)cc1. The monoisotopic (exact) mass is 307 g/mol. The summed E-state index contributed by atoms with van der Waals surface area (Å²) < 4.78 is 0. The number of nitro benzene ring substituents is 1. The molecule has 23 heavy (non-hydrogen) atoms. The van der Waals surface area contributed by atoms with E-state index in [2.05, 4.69) is 5.32 Å². The van der Waals surface area contributed by atoms with Gasteiger partial charge < -0.3 is 5.32 Å². The first-order valence-corrected chi connectivity index (χ1v) is 6.74. The van der Waals surface area contributed by atoms with Gasteiger partial charge in [-0.3, -0.25) is 14.9 Å². The van der Waals surface area contributed by atoms with Crippen LogP contribution in [0.1, 0.15) is 23.6 Å². The van der Waals surface area contributed by atoms with Crippen molar-refractivity contribution in [2.75, 3.05) is 5.32 Å². The average molecular weight is 307 g/mol. The zero-order valence-electron chi connectivity index (χ0n) is 12.3. The van der Waals surface area contributed by atoms with Gasteiger partial charge in [-0.1, -0.05) is 24.3 Å². The standard InChI is InChI=1S/C17H13N3O3/c1-12(21)19-16-7-3-13(4-8-16)2-5-14-6-9-17(20(22)23)10-15(14)11-18/h2-10H,1H3,(H,19,21). The van der Waals surface area contributed by atoms with E-state index < -0.39 is 4.92 Å². The van der Waals surface area contributed by atoms with Crippen molar-refractivity contribution >= 4 is 29.4 Å². The van der Waals surface area contributed by atoms with Crippen molar-refractivity contribution in [1.29, 1.82) is 5.26 Å². The molecular weight excluding hydrogens is 294 g/mol. The molecule has 114 valence electrons. The summed E-state index contributed by atoms with van der Waals surface area (Å²) in [6.07, 6.45) is 3.51. The maximum atomic E-state index is 11.0. The van der Waals surface area contributed by atoms with Crippen molar-refractivity contribution in [1.82, 2.24) is 0 Å². The molecule has 1 N–H and O–H groups in total. The molecule has 0 spiro atoms. The van der Waals surface area contributed by atoms with Crippen molar-refractivity contribution < 1.29 is 9.72 Å². The molecule has 0 atom stereocenters. The number of non-ortho nitro benzene ring substituents is 1. The highest BCUT2D eigenvalue weighted by atomic mass is 16.6. The maximum absolute atomic E-state index is 11.0. The Bertz CT molecular complexity index is 818. The first-order chi connectivity index (χ1) is 11.0. The molecular formula is C17H13N3O3. The summed E-state index contributed by atoms with van der Waals surface area (Å²) >= 11 is 0. The number of nitro groups is 1. The number of hydrogen-bond donors (Lipinski definition) is 1. The molecule has 0 heterocycles. The highest BCUT2D eigenvalue weighted by molar-refractivity contribution is 5.88. The van der Waals surface area contributed by atoms with Crippen molar-refractivity contribution in [2.24, 2.45) is 0 Å². The molecule has 0 saturated carbocycles. The molecule has 0 saturated heterocycles. The maximum Gasteiger partial charge on any atom is 0.270 e. The lowest BCUT2D eigenvalue weighted by Gasteiger charge is -2.02. The van der Waals surface area contributed by atoms with Crippen LogP contribution in [0, 0.1) is 21.4 Å². The van der Waals surface area contributed by atoms with Crippen LogP contribution < -0.4 is 5.32 Å². The third-order valence-corrected chi connectivity index (χ3v) is 3.05. The van der Waals surface area contributed by atoms with E-state index in [0.717, 1.165) is 5.56 Å². The highest BCUT2D eigenvalue weighted by Gasteiger charge is 2.08. The van der Waals surface area contributed by atoms with E-state index in [1.54, 1.807) is 30.4 Å². The van der Waals surface area contributed by atoms with Crippen molar-refractivity contribution in [2.45, 2.75) is 6.92 Å². The summed E-state index contributed by atoms with van der Waals surface area (Å²) in [4.78, 5) is 21.1. The van der Waals surface area contributed by atoms with Crippen molar-refractivity contribution in [3.63, 3.8) is 0 Å². The van der Waals surface area contributed by atoms with Crippen LogP contribution in [0.4, 0.5) is 11.4 Å². The number of hydrogen-bond acceptors (Lipinski definition) is 4. The molecule has 0 fully saturated rings. The van der Waals surface area contributed by atoms with Crippen LogP contribution in [0.3, 0.4) is 0 Å². The third-order valence-electron chi connectivity index (χ3n) is 3.05. The first-order valence-electron chi connectivity index (χ1n) is 6.74. The molecule has 0 aliphatic carbocycles. The van der Waals surface area contributed by atoms with Crippen molar-refractivity contribution in [3.8, 4) is 6.07 Å². The van der Waals surface area contributed by atoms with Gasteiger partial charge in [0.1, 0.15) is 6.07 Å².